The van der Waals surface area contributed by atoms with Gasteiger partial charge in [0.1, 0.15) is 0 Å². The molecule has 1 saturated carbocycles. The van der Waals surface area contributed by atoms with E-state index in [1.807, 2.05) is 0 Å². The smallest absolute Gasteiger partial charge is 0.330 e. The normalized spacial score (nSPS) is 23.4. The number of aromatic nitrogens is 2. The zero-order valence-corrected chi connectivity index (χ0v) is 13.8. The summed E-state index contributed by atoms with van der Waals surface area (Å²) in [5, 5.41) is 3.37. The largest absolute Gasteiger partial charge is 0.471 e. The lowest BCUT2D eigenvalue weighted by atomic mass is 9.90. The fraction of sp³-hybridized carbons (Fsp3) is 0.471. The Morgan fingerprint density at radius 2 is 2.00 bits per heavy atom. The fourth-order valence-electron chi connectivity index (χ4n) is 3.71. The number of hydrogen-bond donors (Lipinski definition) is 1. The molecule has 2 atom stereocenters. The zero-order valence-electron chi connectivity index (χ0n) is 13.8. The Balaban J connectivity index is 1.61. The summed E-state index contributed by atoms with van der Waals surface area (Å²) < 4.78 is 42.1. The second-order valence-electron chi connectivity index (χ2n) is 6.74. The number of nitrogens with two attached hydrogens (primary N) is 1. The number of nitrogens with zero attached hydrogens (tertiary/aromatic N) is 3. The number of amides is 1. The monoisotopic (exact) mass is 366 g/mol. The van der Waals surface area contributed by atoms with Crippen molar-refractivity contribution < 1.29 is 22.5 Å². The molecular weight excluding hydrogens is 349 g/mol. The molecular formula is C17H17F3N4O2. The van der Waals surface area contributed by atoms with E-state index in [0.717, 1.165) is 31.2 Å². The van der Waals surface area contributed by atoms with E-state index in [4.69, 9.17) is 5.73 Å². The van der Waals surface area contributed by atoms with Crippen LogP contribution in [0.1, 0.15) is 47.5 Å². The maximum Gasteiger partial charge on any atom is 0.471 e. The van der Waals surface area contributed by atoms with Gasteiger partial charge in [0.2, 0.25) is 5.82 Å². The van der Waals surface area contributed by atoms with Gasteiger partial charge in [0.15, 0.2) is 0 Å². The number of alkyl halides is 3. The van der Waals surface area contributed by atoms with Crippen molar-refractivity contribution in [1.82, 2.24) is 15.0 Å². The van der Waals surface area contributed by atoms with Gasteiger partial charge in [0, 0.05) is 29.8 Å². The molecule has 6 nitrogen and oxygen atoms in total. The summed E-state index contributed by atoms with van der Waals surface area (Å²) in [6.45, 7) is 0.465. The molecule has 0 spiro atoms. The Labute approximate surface area is 147 Å². The number of hydrogen-bond acceptors (Lipinski definition) is 5. The number of halogens is 3. The Morgan fingerprint density at radius 1 is 1.23 bits per heavy atom. The minimum atomic E-state index is -4.70. The van der Waals surface area contributed by atoms with Crippen LogP contribution in [0.4, 0.5) is 13.2 Å². The van der Waals surface area contributed by atoms with Crippen molar-refractivity contribution in [2.75, 3.05) is 0 Å². The van der Waals surface area contributed by atoms with Crippen molar-refractivity contribution in [2.24, 2.45) is 5.73 Å². The van der Waals surface area contributed by atoms with Crippen LogP contribution in [0, 0.1) is 0 Å². The maximum absolute atomic E-state index is 12.8. The molecule has 26 heavy (non-hydrogen) atoms. The Morgan fingerprint density at radius 3 is 2.69 bits per heavy atom. The molecule has 4 rings (SSSR count). The predicted octanol–water partition coefficient (Wildman–Crippen LogP) is 2.98. The van der Waals surface area contributed by atoms with E-state index in [0.29, 0.717) is 17.7 Å². The summed E-state index contributed by atoms with van der Waals surface area (Å²) in [6.07, 6.45) is -0.846. The van der Waals surface area contributed by atoms with Crippen LogP contribution in [-0.2, 0) is 12.7 Å². The van der Waals surface area contributed by atoms with Crippen LogP contribution in [0.15, 0.2) is 22.7 Å². The van der Waals surface area contributed by atoms with Crippen LogP contribution < -0.4 is 5.73 Å². The van der Waals surface area contributed by atoms with Gasteiger partial charge in [-0.3, -0.25) is 4.79 Å². The lowest BCUT2D eigenvalue weighted by molar-refractivity contribution is -0.159. The first-order valence-electron chi connectivity index (χ1n) is 8.45. The van der Waals surface area contributed by atoms with Gasteiger partial charge in [0.25, 0.3) is 5.91 Å². The van der Waals surface area contributed by atoms with E-state index < -0.39 is 12.1 Å². The highest BCUT2D eigenvalue weighted by Crippen LogP contribution is 2.34. The minimum Gasteiger partial charge on any atom is -0.330 e. The van der Waals surface area contributed by atoms with Gasteiger partial charge in [-0.2, -0.15) is 18.2 Å². The third kappa shape index (κ3) is 2.86. The van der Waals surface area contributed by atoms with E-state index in [-0.39, 0.29) is 23.8 Å². The Bertz CT molecular complexity index is 849. The van der Waals surface area contributed by atoms with E-state index in [2.05, 4.69) is 14.7 Å². The topological polar surface area (TPSA) is 85.2 Å². The van der Waals surface area contributed by atoms with Crippen LogP contribution >= 0.6 is 0 Å². The molecule has 2 heterocycles. The van der Waals surface area contributed by atoms with E-state index in [1.54, 1.807) is 17.0 Å². The van der Waals surface area contributed by atoms with Crippen LogP contribution in [-0.4, -0.2) is 33.0 Å². The number of fused-ring (bicyclic) bond motifs is 1. The Kier molecular flexibility index (Phi) is 3.98. The first kappa shape index (κ1) is 17.0. The van der Waals surface area contributed by atoms with E-state index in [9.17, 15) is 18.0 Å². The summed E-state index contributed by atoms with van der Waals surface area (Å²) in [7, 11) is 0. The van der Waals surface area contributed by atoms with Crippen LogP contribution in [0.5, 0.6) is 0 Å². The molecule has 2 aliphatic rings. The SMILES string of the molecule is N[C@H]1CCCC[C@H]1N1Cc2ccc(-c3noc(C(F)(F)F)n3)cc2C1=O. The molecule has 1 amide bonds. The quantitative estimate of drug-likeness (QED) is 0.883. The van der Waals surface area contributed by atoms with Gasteiger partial charge in [0.05, 0.1) is 0 Å². The lowest BCUT2D eigenvalue weighted by Crippen LogP contribution is -2.49. The summed E-state index contributed by atoms with van der Waals surface area (Å²) in [5.41, 5.74) is 7.79. The summed E-state index contributed by atoms with van der Waals surface area (Å²) in [4.78, 5) is 18.0. The first-order valence-corrected chi connectivity index (χ1v) is 8.45. The molecule has 0 unspecified atom stereocenters. The fourth-order valence-corrected chi connectivity index (χ4v) is 3.71. The number of benzene rings is 1. The molecule has 9 heteroatoms. The highest BCUT2D eigenvalue weighted by Gasteiger charge is 2.39. The van der Waals surface area contributed by atoms with E-state index in [1.165, 1.54) is 6.07 Å². The predicted molar refractivity (Wildman–Crippen MR) is 84.8 cm³/mol. The lowest BCUT2D eigenvalue weighted by Gasteiger charge is -2.35. The van der Waals surface area contributed by atoms with Crippen LogP contribution in [0.3, 0.4) is 0 Å². The number of carbonyl (C=O) groups excluding carboxylic acids is 1. The summed E-state index contributed by atoms with van der Waals surface area (Å²) in [5.74, 6) is -1.75. The average molecular weight is 366 g/mol. The van der Waals surface area contributed by atoms with Crippen molar-refractivity contribution in [2.45, 2.75) is 50.5 Å². The van der Waals surface area contributed by atoms with Crippen molar-refractivity contribution in [3.8, 4) is 11.4 Å². The molecule has 1 aliphatic carbocycles. The second kappa shape index (κ2) is 6.08. The van der Waals surface area contributed by atoms with Gasteiger partial charge < -0.3 is 15.2 Å². The molecule has 2 aromatic rings. The van der Waals surface area contributed by atoms with Crippen LogP contribution in [0.2, 0.25) is 0 Å². The van der Waals surface area contributed by atoms with Crippen LogP contribution in [0.25, 0.3) is 11.4 Å². The van der Waals surface area contributed by atoms with Gasteiger partial charge in [-0.15, -0.1) is 0 Å². The number of rotatable bonds is 2. The second-order valence-corrected chi connectivity index (χ2v) is 6.74. The molecule has 0 bridgehead atoms. The third-order valence-electron chi connectivity index (χ3n) is 5.05. The van der Waals surface area contributed by atoms with E-state index >= 15 is 0 Å². The minimum absolute atomic E-state index is 0.00546. The average Bonchev–Trinajstić information content (AvgIpc) is 3.21. The Hall–Kier alpha value is -2.42. The molecule has 1 aromatic carbocycles. The molecule has 138 valence electrons. The molecule has 0 saturated heterocycles. The summed E-state index contributed by atoms with van der Waals surface area (Å²) >= 11 is 0. The highest BCUT2D eigenvalue weighted by atomic mass is 19.4. The molecule has 1 aliphatic heterocycles. The third-order valence-corrected chi connectivity index (χ3v) is 5.05. The van der Waals surface area contributed by atoms with Crippen molar-refractivity contribution in [3.63, 3.8) is 0 Å². The molecule has 2 N–H and O–H groups in total. The molecule has 1 aromatic heterocycles. The van der Waals surface area contributed by atoms with Gasteiger partial charge in [-0.05, 0) is 24.5 Å². The standard InChI is InChI=1S/C17H17F3N4O2/c18-17(19,20)16-22-14(23-26-16)9-5-6-10-8-24(15(25)11(10)7-9)13-4-2-1-3-12(13)21/h5-7,12-13H,1-4,8,21H2/t12-,13+/m0/s1. The van der Waals surface area contributed by atoms with Gasteiger partial charge in [-0.25, -0.2) is 0 Å². The molecule has 1 fully saturated rings. The van der Waals surface area contributed by atoms with Crippen molar-refractivity contribution in [1.29, 1.82) is 0 Å². The zero-order chi connectivity index (χ0) is 18.5. The maximum atomic E-state index is 12.8. The van der Waals surface area contributed by atoms with Gasteiger partial charge in [-0.1, -0.05) is 30.1 Å². The number of carbonyl (C=O) groups is 1. The highest BCUT2D eigenvalue weighted by molar-refractivity contribution is 5.99. The van der Waals surface area contributed by atoms with Crippen molar-refractivity contribution >= 4 is 5.91 Å². The molecule has 0 radical (unpaired) electrons. The summed E-state index contributed by atoms with van der Waals surface area (Å²) in [6, 6.07) is 4.79. The first-order chi connectivity index (χ1) is 12.3. The van der Waals surface area contributed by atoms with Crippen molar-refractivity contribution in [3.05, 3.63) is 35.2 Å². The van der Waals surface area contributed by atoms with Gasteiger partial charge >= 0.3 is 12.1 Å².